The predicted molar refractivity (Wildman–Crippen MR) is 86.4 cm³/mol. The van der Waals surface area contributed by atoms with Crippen molar-refractivity contribution in [1.29, 1.82) is 0 Å². The summed E-state index contributed by atoms with van der Waals surface area (Å²) in [5.41, 5.74) is 0.421. The first kappa shape index (κ1) is 14.9. The van der Waals surface area contributed by atoms with Gasteiger partial charge in [0, 0.05) is 10.4 Å². The van der Waals surface area contributed by atoms with E-state index < -0.39 is 10.0 Å². The summed E-state index contributed by atoms with van der Waals surface area (Å²) >= 11 is 1.48. The van der Waals surface area contributed by atoms with Gasteiger partial charge in [0.25, 0.3) is 5.56 Å². The molecule has 0 fully saturated rings. The van der Waals surface area contributed by atoms with Gasteiger partial charge in [0.05, 0.1) is 10.3 Å². The van der Waals surface area contributed by atoms with Crippen molar-refractivity contribution in [2.24, 2.45) is 5.14 Å². The fraction of sp³-hybridized carbons (Fsp3) is 0.143. The molecule has 2 aromatic heterocycles. The lowest BCUT2D eigenvalue weighted by atomic mass is 10.2. The molecule has 0 aliphatic heterocycles. The molecule has 0 aliphatic carbocycles. The Morgan fingerprint density at radius 1 is 1.27 bits per heavy atom. The Balaban J connectivity index is 2.12. The molecule has 1 aromatic carbocycles. The van der Waals surface area contributed by atoms with Gasteiger partial charge in [-0.25, -0.2) is 18.5 Å². The van der Waals surface area contributed by atoms with Gasteiger partial charge in [-0.1, -0.05) is 6.92 Å². The van der Waals surface area contributed by atoms with Crippen LogP contribution in [0.4, 0.5) is 0 Å². The maximum atomic E-state index is 12.1. The Labute approximate surface area is 130 Å². The van der Waals surface area contributed by atoms with Gasteiger partial charge in [-0.15, -0.1) is 11.3 Å². The molecule has 6 nitrogen and oxygen atoms in total. The zero-order valence-corrected chi connectivity index (χ0v) is 13.3. The lowest BCUT2D eigenvalue weighted by Gasteiger charge is -2.02. The van der Waals surface area contributed by atoms with E-state index >= 15 is 0 Å². The Morgan fingerprint density at radius 3 is 2.55 bits per heavy atom. The van der Waals surface area contributed by atoms with Crippen LogP contribution in [-0.4, -0.2) is 18.4 Å². The van der Waals surface area contributed by atoms with Crippen LogP contribution in [-0.2, 0) is 16.4 Å². The minimum Gasteiger partial charge on any atom is -0.306 e. The van der Waals surface area contributed by atoms with Gasteiger partial charge in [0.2, 0.25) is 10.0 Å². The molecule has 0 saturated carbocycles. The Kier molecular flexibility index (Phi) is 3.59. The number of aromatic amines is 1. The molecular weight excluding hydrogens is 322 g/mol. The number of hydrogen-bond donors (Lipinski definition) is 2. The van der Waals surface area contributed by atoms with Crippen molar-refractivity contribution in [3.05, 3.63) is 45.6 Å². The first-order valence-electron chi connectivity index (χ1n) is 6.54. The van der Waals surface area contributed by atoms with Gasteiger partial charge < -0.3 is 4.98 Å². The van der Waals surface area contributed by atoms with Crippen molar-refractivity contribution in [2.45, 2.75) is 18.2 Å². The second-order valence-electron chi connectivity index (χ2n) is 4.77. The second-order valence-corrected chi connectivity index (χ2v) is 7.45. The lowest BCUT2D eigenvalue weighted by molar-refractivity contribution is 0.598. The highest BCUT2D eigenvalue weighted by Crippen LogP contribution is 2.24. The summed E-state index contributed by atoms with van der Waals surface area (Å²) in [4.78, 5) is 21.1. The van der Waals surface area contributed by atoms with E-state index in [9.17, 15) is 13.2 Å². The number of aromatic nitrogens is 2. The number of benzene rings is 1. The molecule has 3 rings (SSSR count). The zero-order chi connectivity index (χ0) is 15.9. The summed E-state index contributed by atoms with van der Waals surface area (Å²) in [6.45, 7) is 2.02. The number of rotatable bonds is 3. The standard InChI is InChI=1S/C14H13N3O3S2/c1-2-9-7-11-13(18)16-12(17-14(11)21-9)8-3-5-10(6-4-8)22(15,19)20/h3-7H,2H2,1H3,(H2,15,19,20)(H,16,17,18). The fourth-order valence-corrected chi connectivity index (χ4v) is 3.58. The van der Waals surface area contributed by atoms with Crippen LogP contribution < -0.4 is 10.7 Å². The third kappa shape index (κ3) is 2.68. The molecular formula is C14H13N3O3S2. The number of hydrogen-bond acceptors (Lipinski definition) is 5. The summed E-state index contributed by atoms with van der Waals surface area (Å²) in [6, 6.07) is 7.76. The minimum atomic E-state index is -3.73. The van der Waals surface area contributed by atoms with Crippen LogP contribution >= 0.6 is 11.3 Å². The van der Waals surface area contributed by atoms with Crippen LogP contribution in [0.2, 0.25) is 0 Å². The van der Waals surface area contributed by atoms with E-state index in [0.29, 0.717) is 21.6 Å². The van der Waals surface area contributed by atoms with Crippen molar-refractivity contribution in [1.82, 2.24) is 9.97 Å². The molecule has 3 aromatic rings. The lowest BCUT2D eigenvalue weighted by Crippen LogP contribution is -2.12. The quantitative estimate of drug-likeness (QED) is 0.762. The van der Waals surface area contributed by atoms with Crippen molar-refractivity contribution in [3.8, 4) is 11.4 Å². The van der Waals surface area contributed by atoms with E-state index in [1.807, 2.05) is 13.0 Å². The third-order valence-corrected chi connectivity index (χ3v) is 5.36. The molecule has 8 heteroatoms. The molecule has 0 saturated heterocycles. The number of nitrogens with zero attached hydrogens (tertiary/aromatic N) is 1. The molecule has 0 aliphatic rings. The van der Waals surface area contributed by atoms with E-state index in [1.165, 1.54) is 23.5 Å². The molecule has 0 radical (unpaired) electrons. The number of fused-ring (bicyclic) bond motifs is 1. The molecule has 2 heterocycles. The van der Waals surface area contributed by atoms with Crippen LogP contribution in [0, 0.1) is 0 Å². The third-order valence-electron chi connectivity index (χ3n) is 3.26. The number of aryl methyl sites for hydroxylation is 1. The van der Waals surface area contributed by atoms with Gasteiger partial charge in [0.15, 0.2) is 0 Å². The zero-order valence-electron chi connectivity index (χ0n) is 11.7. The van der Waals surface area contributed by atoms with Gasteiger partial charge in [0.1, 0.15) is 10.7 Å². The van der Waals surface area contributed by atoms with Gasteiger partial charge >= 0.3 is 0 Å². The molecule has 0 spiro atoms. The van der Waals surface area contributed by atoms with Crippen molar-refractivity contribution in [2.75, 3.05) is 0 Å². The van der Waals surface area contributed by atoms with E-state index in [4.69, 9.17) is 5.14 Å². The summed E-state index contributed by atoms with van der Waals surface area (Å²) in [5.74, 6) is 0.406. The van der Waals surface area contributed by atoms with Gasteiger partial charge in [-0.3, -0.25) is 4.79 Å². The molecule has 0 unspecified atom stereocenters. The molecule has 0 amide bonds. The monoisotopic (exact) mass is 335 g/mol. The number of sulfonamides is 1. The number of nitrogens with two attached hydrogens (primary N) is 1. The molecule has 114 valence electrons. The second kappa shape index (κ2) is 5.31. The summed E-state index contributed by atoms with van der Waals surface area (Å²) < 4.78 is 22.5. The number of thiophene rings is 1. The first-order valence-corrected chi connectivity index (χ1v) is 8.90. The Bertz CT molecular complexity index is 1000. The number of primary sulfonamides is 1. The summed E-state index contributed by atoms with van der Waals surface area (Å²) in [5, 5.41) is 5.64. The van der Waals surface area contributed by atoms with Crippen molar-refractivity contribution < 1.29 is 8.42 Å². The normalized spacial score (nSPS) is 11.9. The maximum Gasteiger partial charge on any atom is 0.259 e. The molecule has 0 atom stereocenters. The van der Waals surface area contributed by atoms with Crippen LogP contribution in [0.1, 0.15) is 11.8 Å². The smallest absolute Gasteiger partial charge is 0.259 e. The van der Waals surface area contributed by atoms with E-state index in [2.05, 4.69) is 9.97 Å². The van der Waals surface area contributed by atoms with E-state index in [-0.39, 0.29) is 10.5 Å². The number of H-pyrrole nitrogens is 1. The maximum absolute atomic E-state index is 12.1. The number of nitrogens with one attached hydrogen (secondary N) is 1. The predicted octanol–water partition coefficient (Wildman–Crippen LogP) is 1.86. The highest BCUT2D eigenvalue weighted by atomic mass is 32.2. The average Bonchev–Trinajstić information content (AvgIpc) is 2.90. The van der Waals surface area contributed by atoms with Crippen LogP contribution in [0.5, 0.6) is 0 Å². The Morgan fingerprint density at radius 2 is 1.95 bits per heavy atom. The van der Waals surface area contributed by atoms with E-state index in [1.54, 1.807) is 12.1 Å². The van der Waals surface area contributed by atoms with Gasteiger partial charge in [-0.2, -0.15) is 0 Å². The van der Waals surface area contributed by atoms with Crippen molar-refractivity contribution in [3.63, 3.8) is 0 Å². The van der Waals surface area contributed by atoms with Crippen LogP contribution in [0.25, 0.3) is 21.6 Å². The largest absolute Gasteiger partial charge is 0.306 e. The molecule has 3 N–H and O–H groups in total. The average molecular weight is 335 g/mol. The highest BCUT2D eigenvalue weighted by molar-refractivity contribution is 7.89. The van der Waals surface area contributed by atoms with Gasteiger partial charge in [-0.05, 0) is 36.8 Å². The molecule has 22 heavy (non-hydrogen) atoms. The topological polar surface area (TPSA) is 106 Å². The highest BCUT2D eigenvalue weighted by Gasteiger charge is 2.11. The summed E-state index contributed by atoms with van der Waals surface area (Å²) in [7, 11) is -3.73. The Hall–Kier alpha value is -2.03. The summed E-state index contributed by atoms with van der Waals surface area (Å²) in [6.07, 6.45) is 0.846. The minimum absolute atomic E-state index is 0.0177. The first-order chi connectivity index (χ1) is 10.4. The van der Waals surface area contributed by atoms with Crippen LogP contribution in [0.15, 0.2) is 40.0 Å². The van der Waals surface area contributed by atoms with Crippen LogP contribution in [0.3, 0.4) is 0 Å². The SMILES string of the molecule is CCc1cc2c(=O)[nH]c(-c3ccc(S(N)(=O)=O)cc3)nc2s1. The van der Waals surface area contributed by atoms with Crippen molar-refractivity contribution >= 4 is 31.6 Å². The molecule has 0 bridgehead atoms. The van der Waals surface area contributed by atoms with E-state index in [0.717, 1.165) is 11.3 Å². The fourth-order valence-electron chi connectivity index (χ4n) is 2.09.